The fourth-order valence-electron chi connectivity index (χ4n) is 2.36. The quantitative estimate of drug-likeness (QED) is 0.748. The molecule has 0 aliphatic carbocycles. The minimum atomic E-state index is -0.257. The van der Waals surface area contributed by atoms with Crippen LogP contribution in [0.2, 0.25) is 0 Å². The summed E-state index contributed by atoms with van der Waals surface area (Å²) in [6, 6.07) is 6.54. The molecule has 3 rings (SSSR count). The molecule has 1 aromatic carbocycles. The van der Waals surface area contributed by atoms with Crippen molar-refractivity contribution in [1.82, 2.24) is 19.9 Å². The number of thiazole rings is 1. The van der Waals surface area contributed by atoms with Crippen LogP contribution in [0.25, 0.3) is 0 Å². The second-order valence-electron chi connectivity index (χ2n) is 5.53. The van der Waals surface area contributed by atoms with E-state index in [1.54, 1.807) is 36.1 Å². The van der Waals surface area contributed by atoms with Gasteiger partial charge >= 0.3 is 0 Å². The van der Waals surface area contributed by atoms with Crippen molar-refractivity contribution in [3.63, 3.8) is 0 Å². The molecule has 1 amide bonds. The molecule has 24 heavy (non-hydrogen) atoms. The van der Waals surface area contributed by atoms with Crippen LogP contribution in [-0.2, 0) is 13.0 Å². The van der Waals surface area contributed by atoms with E-state index in [9.17, 15) is 9.18 Å². The highest BCUT2D eigenvalue weighted by molar-refractivity contribution is 7.09. The van der Waals surface area contributed by atoms with Crippen LogP contribution < -0.4 is 5.32 Å². The number of carbonyl (C=O) groups excluding carboxylic acids is 1. The van der Waals surface area contributed by atoms with Gasteiger partial charge in [0.15, 0.2) is 0 Å². The highest BCUT2D eigenvalue weighted by Gasteiger charge is 2.14. The van der Waals surface area contributed by atoms with Crippen molar-refractivity contribution in [2.24, 2.45) is 0 Å². The van der Waals surface area contributed by atoms with Gasteiger partial charge in [0, 0.05) is 36.8 Å². The molecular formula is C17H17FN4OS. The van der Waals surface area contributed by atoms with Gasteiger partial charge in [-0.25, -0.2) is 14.4 Å². The first-order valence-electron chi connectivity index (χ1n) is 7.56. The molecule has 0 saturated carbocycles. The van der Waals surface area contributed by atoms with Crippen molar-refractivity contribution in [3.8, 4) is 0 Å². The number of nitrogens with zero attached hydrogens (tertiary/aromatic N) is 3. The highest BCUT2D eigenvalue weighted by atomic mass is 32.1. The Kier molecular flexibility index (Phi) is 5.00. The van der Waals surface area contributed by atoms with E-state index >= 15 is 0 Å². The standard InChI is InChI=1S/C17H17FN4OS/c1-12(9-22-7-6-19-11-22)20-17(23)15-10-24-16(21-15)8-13-4-2-3-5-14(13)18/h2-7,10-12H,8-9H2,1H3,(H,20,23)/t12-/m0/s1. The molecule has 2 aromatic heterocycles. The van der Waals surface area contributed by atoms with E-state index in [1.807, 2.05) is 17.7 Å². The van der Waals surface area contributed by atoms with Crippen molar-refractivity contribution in [3.05, 3.63) is 70.4 Å². The smallest absolute Gasteiger partial charge is 0.271 e. The van der Waals surface area contributed by atoms with Crippen LogP contribution in [0.4, 0.5) is 4.39 Å². The van der Waals surface area contributed by atoms with Gasteiger partial charge in [-0.15, -0.1) is 11.3 Å². The Morgan fingerprint density at radius 3 is 3.00 bits per heavy atom. The van der Waals surface area contributed by atoms with E-state index in [1.165, 1.54) is 17.4 Å². The minimum Gasteiger partial charge on any atom is -0.346 e. The number of nitrogens with one attached hydrogen (secondary N) is 1. The maximum atomic E-state index is 13.7. The minimum absolute atomic E-state index is 0.0524. The fraction of sp³-hybridized carbons (Fsp3) is 0.235. The second-order valence-corrected chi connectivity index (χ2v) is 6.47. The van der Waals surface area contributed by atoms with Crippen molar-refractivity contribution in [1.29, 1.82) is 0 Å². The van der Waals surface area contributed by atoms with E-state index in [2.05, 4.69) is 15.3 Å². The lowest BCUT2D eigenvalue weighted by molar-refractivity contribution is 0.0932. The van der Waals surface area contributed by atoms with Crippen LogP contribution in [0.3, 0.4) is 0 Å². The lowest BCUT2D eigenvalue weighted by Crippen LogP contribution is -2.35. The van der Waals surface area contributed by atoms with Crippen LogP contribution in [0, 0.1) is 5.82 Å². The number of hydrogen-bond donors (Lipinski definition) is 1. The third-order valence-electron chi connectivity index (χ3n) is 3.51. The molecule has 0 fully saturated rings. The number of carbonyl (C=O) groups is 1. The molecule has 0 radical (unpaired) electrons. The summed E-state index contributed by atoms with van der Waals surface area (Å²) in [6.07, 6.45) is 5.63. The summed E-state index contributed by atoms with van der Waals surface area (Å²) in [5.41, 5.74) is 0.941. The summed E-state index contributed by atoms with van der Waals surface area (Å²) in [5.74, 6) is -0.480. The maximum absolute atomic E-state index is 13.7. The Morgan fingerprint density at radius 2 is 2.25 bits per heavy atom. The van der Waals surface area contributed by atoms with Gasteiger partial charge in [0.05, 0.1) is 11.3 Å². The summed E-state index contributed by atoms with van der Waals surface area (Å²) >= 11 is 1.36. The molecule has 5 nitrogen and oxygen atoms in total. The van der Waals surface area contributed by atoms with Gasteiger partial charge in [0.2, 0.25) is 0 Å². The van der Waals surface area contributed by atoms with Crippen LogP contribution >= 0.6 is 11.3 Å². The molecule has 1 atom stereocenters. The van der Waals surface area contributed by atoms with Crippen molar-refractivity contribution < 1.29 is 9.18 Å². The maximum Gasteiger partial charge on any atom is 0.271 e. The van der Waals surface area contributed by atoms with Crippen molar-refractivity contribution in [2.45, 2.75) is 25.9 Å². The third kappa shape index (κ3) is 4.05. The molecule has 124 valence electrons. The first kappa shape index (κ1) is 16.3. The monoisotopic (exact) mass is 344 g/mol. The topological polar surface area (TPSA) is 59.8 Å². The van der Waals surface area contributed by atoms with Crippen LogP contribution in [0.15, 0.2) is 48.4 Å². The van der Waals surface area contributed by atoms with E-state index in [0.29, 0.717) is 29.2 Å². The van der Waals surface area contributed by atoms with E-state index < -0.39 is 0 Å². The van der Waals surface area contributed by atoms with Gasteiger partial charge in [-0.3, -0.25) is 4.79 Å². The van der Waals surface area contributed by atoms with Gasteiger partial charge in [-0.05, 0) is 18.6 Å². The van der Waals surface area contributed by atoms with Crippen molar-refractivity contribution >= 4 is 17.2 Å². The lowest BCUT2D eigenvalue weighted by Gasteiger charge is -2.13. The van der Waals surface area contributed by atoms with E-state index in [4.69, 9.17) is 0 Å². The number of rotatable bonds is 6. The summed E-state index contributed by atoms with van der Waals surface area (Å²) in [6.45, 7) is 2.56. The summed E-state index contributed by atoms with van der Waals surface area (Å²) in [7, 11) is 0. The predicted octanol–water partition coefficient (Wildman–Crippen LogP) is 2.89. The molecular weight excluding hydrogens is 327 g/mol. The number of halogens is 1. The molecule has 0 saturated heterocycles. The van der Waals surface area contributed by atoms with E-state index in [-0.39, 0.29) is 17.8 Å². The Bertz CT molecular complexity index is 816. The third-order valence-corrected chi connectivity index (χ3v) is 4.35. The molecule has 1 N–H and O–H groups in total. The summed E-state index contributed by atoms with van der Waals surface area (Å²) < 4.78 is 15.6. The first-order valence-corrected chi connectivity index (χ1v) is 8.44. The number of imidazole rings is 1. The number of aromatic nitrogens is 3. The largest absolute Gasteiger partial charge is 0.346 e. The average Bonchev–Trinajstić information content (AvgIpc) is 3.21. The SMILES string of the molecule is C[C@@H](Cn1ccnc1)NC(=O)c1csc(Cc2ccccc2F)n1. The Labute approximate surface area is 143 Å². The van der Waals surface area contributed by atoms with Gasteiger partial charge < -0.3 is 9.88 Å². The predicted molar refractivity (Wildman–Crippen MR) is 90.5 cm³/mol. The van der Waals surface area contributed by atoms with Gasteiger partial charge in [0.1, 0.15) is 11.5 Å². The molecule has 0 bridgehead atoms. The molecule has 0 aliphatic rings. The van der Waals surface area contributed by atoms with Gasteiger partial charge in [-0.1, -0.05) is 18.2 Å². The van der Waals surface area contributed by atoms with Gasteiger partial charge in [-0.2, -0.15) is 0 Å². The fourth-order valence-corrected chi connectivity index (χ4v) is 3.15. The lowest BCUT2D eigenvalue weighted by atomic mass is 10.1. The zero-order valence-electron chi connectivity index (χ0n) is 13.1. The summed E-state index contributed by atoms with van der Waals surface area (Å²) in [5, 5.41) is 5.32. The molecule has 7 heteroatoms. The Balaban J connectivity index is 1.60. The van der Waals surface area contributed by atoms with E-state index in [0.717, 1.165) is 0 Å². The number of amides is 1. The normalized spacial score (nSPS) is 12.1. The summed E-state index contributed by atoms with van der Waals surface area (Å²) in [4.78, 5) is 20.5. The van der Waals surface area contributed by atoms with Crippen LogP contribution in [0.5, 0.6) is 0 Å². The molecule has 0 aliphatic heterocycles. The van der Waals surface area contributed by atoms with Crippen LogP contribution in [-0.4, -0.2) is 26.5 Å². The molecule has 0 spiro atoms. The first-order chi connectivity index (χ1) is 11.6. The van der Waals surface area contributed by atoms with Gasteiger partial charge in [0.25, 0.3) is 5.91 Å². The molecule has 2 heterocycles. The second kappa shape index (κ2) is 7.35. The molecule has 3 aromatic rings. The van der Waals surface area contributed by atoms with Crippen LogP contribution in [0.1, 0.15) is 28.0 Å². The molecule has 0 unspecified atom stereocenters. The Morgan fingerprint density at radius 1 is 1.42 bits per heavy atom. The zero-order chi connectivity index (χ0) is 16.9. The van der Waals surface area contributed by atoms with Crippen molar-refractivity contribution in [2.75, 3.05) is 0 Å². The Hall–Kier alpha value is -2.54. The highest BCUT2D eigenvalue weighted by Crippen LogP contribution is 2.17. The number of hydrogen-bond acceptors (Lipinski definition) is 4. The number of benzene rings is 1. The zero-order valence-corrected chi connectivity index (χ0v) is 14.0. The average molecular weight is 344 g/mol.